The van der Waals surface area contributed by atoms with E-state index in [-0.39, 0.29) is 12.1 Å². The van der Waals surface area contributed by atoms with E-state index in [1.165, 1.54) is 0 Å². The summed E-state index contributed by atoms with van der Waals surface area (Å²) in [6.07, 6.45) is 0. The van der Waals surface area contributed by atoms with Crippen molar-refractivity contribution in [2.24, 2.45) is 0 Å². The van der Waals surface area contributed by atoms with Gasteiger partial charge in [-0.05, 0) is 26.0 Å². The lowest BCUT2D eigenvalue weighted by Crippen LogP contribution is -2.34. The number of halogens is 1. The molecule has 0 radical (unpaired) electrons. The molecule has 0 saturated carbocycles. The van der Waals surface area contributed by atoms with Gasteiger partial charge in [0.25, 0.3) is 0 Å². The molecule has 1 rings (SSSR count). The number of hydrogen-bond donors (Lipinski definition) is 2. The molecule has 0 bridgehead atoms. The number of carbonyl (C=O) groups is 1. The number of nitrogens with zero attached hydrogens (tertiary/aromatic N) is 2. The van der Waals surface area contributed by atoms with Gasteiger partial charge in [-0.25, -0.2) is 4.79 Å². The summed E-state index contributed by atoms with van der Waals surface area (Å²) in [5.74, 6) is 0.368. The zero-order valence-electron chi connectivity index (χ0n) is 7.91. The van der Waals surface area contributed by atoms with E-state index >= 15 is 0 Å². The standard InChI is InChI=1S/C8H11ClN4O/c1-5(2)10-8(14)11-7-4-3-6(9)12-13-7/h3-5H,1-2H3,(H2,10,11,13,14). The molecule has 5 nitrogen and oxygen atoms in total. The van der Waals surface area contributed by atoms with Crippen LogP contribution in [0.4, 0.5) is 10.6 Å². The van der Waals surface area contributed by atoms with E-state index in [1.54, 1.807) is 12.1 Å². The maximum Gasteiger partial charge on any atom is 0.320 e. The van der Waals surface area contributed by atoms with Crippen molar-refractivity contribution in [3.05, 3.63) is 17.3 Å². The Balaban J connectivity index is 2.52. The molecule has 2 N–H and O–H groups in total. The second kappa shape index (κ2) is 4.76. The third-order valence-corrected chi connectivity index (χ3v) is 1.49. The van der Waals surface area contributed by atoms with Crippen LogP contribution in [0.5, 0.6) is 0 Å². The van der Waals surface area contributed by atoms with Gasteiger partial charge in [-0.3, -0.25) is 5.32 Å². The first-order valence-corrected chi connectivity index (χ1v) is 4.52. The maximum atomic E-state index is 11.2. The number of aromatic nitrogens is 2. The molecule has 1 heterocycles. The van der Waals surface area contributed by atoms with Gasteiger partial charge in [-0.15, -0.1) is 10.2 Å². The highest BCUT2D eigenvalue weighted by Crippen LogP contribution is 2.05. The van der Waals surface area contributed by atoms with E-state index in [1.807, 2.05) is 13.8 Å². The molecule has 0 fully saturated rings. The summed E-state index contributed by atoms with van der Waals surface area (Å²) in [6, 6.07) is 2.90. The SMILES string of the molecule is CC(C)NC(=O)Nc1ccc(Cl)nn1. The first kappa shape index (κ1) is 10.7. The fourth-order valence-electron chi connectivity index (χ4n) is 0.797. The Kier molecular flexibility index (Phi) is 3.64. The van der Waals surface area contributed by atoms with Crippen molar-refractivity contribution in [3.8, 4) is 0 Å². The van der Waals surface area contributed by atoms with Crippen LogP contribution in [0.1, 0.15) is 13.8 Å². The Morgan fingerprint density at radius 3 is 2.64 bits per heavy atom. The minimum Gasteiger partial charge on any atom is -0.336 e. The summed E-state index contributed by atoms with van der Waals surface area (Å²) in [5.41, 5.74) is 0. The normalized spacial score (nSPS) is 10.0. The summed E-state index contributed by atoms with van der Waals surface area (Å²) >= 11 is 5.53. The number of amides is 2. The van der Waals surface area contributed by atoms with Gasteiger partial charge in [0.15, 0.2) is 11.0 Å². The summed E-state index contributed by atoms with van der Waals surface area (Å²) in [7, 11) is 0. The van der Waals surface area contributed by atoms with Crippen LogP contribution >= 0.6 is 11.6 Å². The predicted molar refractivity (Wildman–Crippen MR) is 54.3 cm³/mol. The molecular weight excluding hydrogens is 204 g/mol. The maximum absolute atomic E-state index is 11.2. The van der Waals surface area contributed by atoms with Crippen molar-refractivity contribution < 1.29 is 4.79 Å². The van der Waals surface area contributed by atoms with E-state index in [0.29, 0.717) is 11.0 Å². The molecule has 0 aliphatic rings. The molecular formula is C8H11ClN4O. The van der Waals surface area contributed by atoms with Gasteiger partial charge in [0.2, 0.25) is 0 Å². The second-order valence-corrected chi connectivity index (χ2v) is 3.38. The lowest BCUT2D eigenvalue weighted by Gasteiger charge is -2.08. The number of carbonyl (C=O) groups excluding carboxylic acids is 1. The lowest BCUT2D eigenvalue weighted by molar-refractivity contribution is 0.250. The molecule has 1 aromatic rings. The Hall–Kier alpha value is -1.36. The van der Waals surface area contributed by atoms with E-state index in [2.05, 4.69) is 20.8 Å². The molecule has 14 heavy (non-hydrogen) atoms. The average molecular weight is 215 g/mol. The number of nitrogens with one attached hydrogen (secondary N) is 2. The number of rotatable bonds is 2. The fraction of sp³-hybridized carbons (Fsp3) is 0.375. The van der Waals surface area contributed by atoms with Gasteiger partial charge in [-0.2, -0.15) is 0 Å². The van der Waals surface area contributed by atoms with Crippen LogP contribution in [0.2, 0.25) is 5.15 Å². The topological polar surface area (TPSA) is 66.9 Å². The molecule has 0 atom stereocenters. The molecule has 0 aliphatic heterocycles. The minimum atomic E-state index is -0.309. The van der Waals surface area contributed by atoms with Crippen molar-refractivity contribution in [2.75, 3.05) is 5.32 Å². The highest BCUT2D eigenvalue weighted by atomic mass is 35.5. The van der Waals surface area contributed by atoms with Gasteiger partial charge in [0.05, 0.1) is 0 Å². The molecule has 2 amide bonds. The number of urea groups is 1. The summed E-state index contributed by atoms with van der Waals surface area (Å²) in [6.45, 7) is 3.74. The van der Waals surface area contributed by atoms with Crippen molar-refractivity contribution >= 4 is 23.4 Å². The van der Waals surface area contributed by atoms with E-state index in [4.69, 9.17) is 11.6 Å². The first-order valence-electron chi connectivity index (χ1n) is 4.14. The van der Waals surface area contributed by atoms with Crippen LogP contribution in [0.15, 0.2) is 12.1 Å². The highest BCUT2D eigenvalue weighted by Gasteiger charge is 2.03. The second-order valence-electron chi connectivity index (χ2n) is 2.99. The Labute approximate surface area is 86.9 Å². The van der Waals surface area contributed by atoms with Crippen LogP contribution in [0, 0.1) is 0 Å². The predicted octanol–water partition coefficient (Wildman–Crippen LogP) is 1.66. The Bertz CT molecular complexity index is 312. The smallest absolute Gasteiger partial charge is 0.320 e. The quantitative estimate of drug-likeness (QED) is 0.787. The van der Waals surface area contributed by atoms with Crippen molar-refractivity contribution in [3.63, 3.8) is 0 Å². The summed E-state index contributed by atoms with van der Waals surface area (Å²) in [4.78, 5) is 11.2. The van der Waals surface area contributed by atoms with Crippen LogP contribution < -0.4 is 10.6 Å². The monoisotopic (exact) mass is 214 g/mol. The summed E-state index contributed by atoms with van der Waals surface area (Å²) in [5, 5.41) is 12.7. The average Bonchev–Trinajstić information content (AvgIpc) is 2.07. The minimum absolute atomic E-state index is 0.0789. The van der Waals surface area contributed by atoms with Gasteiger partial charge in [0.1, 0.15) is 0 Å². The van der Waals surface area contributed by atoms with E-state index < -0.39 is 0 Å². The molecule has 0 saturated heterocycles. The van der Waals surface area contributed by atoms with Crippen LogP contribution in [-0.4, -0.2) is 22.3 Å². The molecule has 0 spiro atoms. The van der Waals surface area contributed by atoms with Gasteiger partial charge in [0, 0.05) is 6.04 Å². The van der Waals surface area contributed by atoms with Crippen molar-refractivity contribution in [2.45, 2.75) is 19.9 Å². The first-order chi connectivity index (χ1) is 6.58. The molecule has 1 aromatic heterocycles. The molecule has 76 valence electrons. The summed E-state index contributed by atoms with van der Waals surface area (Å²) < 4.78 is 0. The van der Waals surface area contributed by atoms with Gasteiger partial charge >= 0.3 is 6.03 Å². The fourth-order valence-corrected chi connectivity index (χ4v) is 0.898. The zero-order chi connectivity index (χ0) is 10.6. The molecule has 0 aliphatic carbocycles. The third-order valence-electron chi connectivity index (χ3n) is 1.29. The van der Waals surface area contributed by atoms with Gasteiger partial charge < -0.3 is 5.32 Å². The number of anilines is 1. The van der Waals surface area contributed by atoms with E-state index in [9.17, 15) is 4.79 Å². The van der Waals surface area contributed by atoms with E-state index in [0.717, 1.165) is 0 Å². The lowest BCUT2D eigenvalue weighted by atomic mass is 10.4. The van der Waals surface area contributed by atoms with Crippen molar-refractivity contribution in [1.82, 2.24) is 15.5 Å². The molecule has 0 aromatic carbocycles. The van der Waals surface area contributed by atoms with Crippen LogP contribution in [0.3, 0.4) is 0 Å². The Morgan fingerprint density at radius 1 is 1.43 bits per heavy atom. The number of hydrogen-bond acceptors (Lipinski definition) is 3. The van der Waals surface area contributed by atoms with Crippen molar-refractivity contribution in [1.29, 1.82) is 0 Å². The third kappa shape index (κ3) is 3.57. The van der Waals surface area contributed by atoms with Crippen LogP contribution in [0.25, 0.3) is 0 Å². The molecule has 6 heteroatoms. The highest BCUT2D eigenvalue weighted by molar-refractivity contribution is 6.29. The Morgan fingerprint density at radius 2 is 2.14 bits per heavy atom. The zero-order valence-corrected chi connectivity index (χ0v) is 8.67. The molecule has 0 unspecified atom stereocenters. The van der Waals surface area contributed by atoms with Gasteiger partial charge in [-0.1, -0.05) is 11.6 Å². The largest absolute Gasteiger partial charge is 0.336 e. The van der Waals surface area contributed by atoms with Crippen LogP contribution in [-0.2, 0) is 0 Å².